The minimum atomic E-state index is -3.55. The van der Waals surface area contributed by atoms with Gasteiger partial charge in [-0.25, -0.2) is 8.42 Å². The SMILES string of the molecule is CNC1CCCN(S(=O)(=O)c2ccccc2OCCOC)C1.Cl. The van der Waals surface area contributed by atoms with Crippen molar-refractivity contribution in [3.8, 4) is 5.75 Å². The molecular formula is C15H25ClN2O4S. The van der Waals surface area contributed by atoms with Crippen LogP contribution < -0.4 is 10.1 Å². The predicted molar refractivity (Wildman–Crippen MR) is 91.9 cm³/mol. The fourth-order valence-corrected chi connectivity index (χ4v) is 4.21. The number of hydrogen-bond donors (Lipinski definition) is 1. The molecule has 0 amide bonds. The van der Waals surface area contributed by atoms with Crippen molar-refractivity contribution in [1.82, 2.24) is 9.62 Å². The molecule has 8 heteroatoms. The number of benzene rings is 1. The zero-order valence-corrected chi connectivity index (χ0v) is 15.2. The van der Waals surface area contributed by atoms with Gasteiger partial charge in [0.15, 0.2) is 0 Å². The summed E-state index contributed by atoms with van der Waals surface area (Å²) in [4.78, 5) is 0.225. The fourth-order valence-electron chi connectivity index (χ4n) is 2.55. The Morgan fingerprint density at radius 2 is 2.04 bits per heavy atom. The highest BCUT2D eigenvalue weighted by molar-refractivity contribution is 7.89. The van der Waals surface area contributed by atoms with E-state index < -0.39 is 10.0 Å². The third kappa shape index (κ3) is 5.06. The van der Waals surface area contributed by atoms with Gasteiger partial charge in [-0.1, -0.05) is 12.1 Å². The Hall–Kier alpha value is -0.860. The van der Waals surface area contributed by atoms with E-state index in [0.29, 0.717) is 32.1 Å². The summed E-state index contributed by atoms with van der Waals surface area (Å²) >= 11 is 0. The van der Waals surface area contributed by atoms with Crippen LogP contribution in [-0.4, -0.2) is 59.2 Å². The number of ether oxygens (including phenoxy) is 2. The largest absolute Gasteiger partial charge is 0.490 e. The van der Waals surface area contributed by atoms with Crippen LogP contribution in [0, 0.1) is 0 Å². The maximum Gasteiger partial charge on any atom is 0.246 e. The van der Waals surface area contributed by atoms with Gasteiger partial charge in [0.25, 0.3) is 0 Å². The minimum Gasteiger partial charge on any atom is -0.490 e. The number of nitrogens with one attached hydrogen (secondary N) is 1. The Morgan fingerprint density at radius 1 is 1.30 bits per heavy atom. The molecule has 1 saturated heterocycles. The summed E-state index contributed by atoms with van der Waals surface area (Å²) in [6, 6.07) is 6.97. The standard InChI is InChI=1S/C15H24N2O4S.ClH/c1-16-13-6-5-9-17(12-13)22(18,19)15-8-4-3-7-14(15)21-11-10-20-2;/h3-4,7-8,13,16H,5-6,9-12H2,1-2H3;1H. The van der Waals surface area contributed by atoms with Crippen LogP contribution in [0.2, 0.25) is 0 Å². The van der Waals surface area contributed by atoms with Crippen molar-refractivity contribution in [3.63, 3.8) is 0 Å². The van der Waals surface area contributed by atoms with E-state index in [0.717, 1.165) is 12.8 Å². The van der Waals surface area contributed by atoms with Crippen LogP contribution in [0.4, 0.5) is 0 Å². The topological polar surface area (TPSA) is 67.9 Å². The Labute approximate surface area is 144 Å². The molecule has 1 N–H and O–H groups in total. The first-order valence-corrected chi connectivity index (χ1v) is 8.91. The summed E-state index contributed by atoms with van der Waals surface area (Å²) in [5.74, 6) is 0.381. The number of nitrogens with zero attached hydrogens (tertiary/aromatic N) is 1. The average Bonchev–Trinajstić information content (AvgIpc) is 2.55. The van der Waals surface area contributed by atoms with Gasteiger partial charge in [0.2, 0.25) is 10.0 Å². The first-order chi connectivity index (χ1) is 10.6. The van der Waals surface area contributed by atoms with Crippen LogP contribution in [0.1, 0.15) is 12.8 Å². The van der Waals surface area contributed by atoms with E-state index in [1.165, 1.54) is 4.31 Å². The highest BCUT2D eigenvalue weighted by Crippen LogP contribution is 2.28. The van der Waals surface area contributed by atoms with Crippen LogP contribution >= 0.6 is 12.4 Å². The highest BCUT2D eigenvalue weighted by Gasteiger charge is 2.31. The maximum atomic E-state index is 12.9. The van der Waals surface area contributed by atoms with Gasteiger partial charge in [0.05, 0.1) is 6.61 Å². The summed E-state index contributed by atoms with van der Waals surface area (Å²) in [6.45, 7) is 1.78. The molecule has 1 aliphatic heterocycles. The molecule has 0 spiro atoms. The molecular weight excluding hydrogens is 340 g/mol. The van der Waals surface area contributed by atoms with Crippen LogP contribution in [-0.2, 0) is 14.8 Å². The number of para-hydroxylation sites is 1. The first kappa shape index (κ1) is 20.2. The summed E-state index contributed by atoms with van der Waals surface area (Å²) in [7, 11) is -0.101. The number of halogens is 1. The molecule has 23 heavy (non-hydrogen) atoms. The molecule has 0 bridgehead atoms. The van der Waals surface area contributed by atoms with E-state index in [9.17, 15) is 8.42 Å². The summed E-state index contributed by atoms with van der Waals surface area (Å²) in [6.07, 6.45) is 1.85. The molecule has 1 atom stereocenters. The van der Waals surface area contributed by atoms with Crippen molar-refractivity contribution in [2.24, 2.45) is 0 Å². The predicted octanol–water partition coefficient (Wildman–Crippen LogP) is 1.51. The van der Waals surface area contributed by atoms with Crippen molar-refractivity contribution < 1.29 is 17.9 Å². The minimum absolute atomic E-state index is 0. The molecule has 1 aliphatic rings. The molecule has 6 nitrogen and oxygen atoms in total. The number of rotatable bonds is 7. The number of likely N-dealkylation sites (N-methyl/N-ethyl adjacent to an activating group) is 1. The molecule has 1 aromatic rings. The molecule has 0 radical (unpaired) electrons. The van der Waals surface area contributed by atoms with Gasteiger partial charge in [-0.3, -0.25) is 0 Å². The molecule has 0 aromatic heterocycles. The Morgan fingerprint density at radius 3 is 2.74 bits per heavy atom. The van der Waals surface area contributed by atoms with Gasteiger partial charge < -0.3 is 14.8 Å². The van der Waals surface area contributed by atoms with Gasteiger partial charge in [-0.15, -0.1) is 12.4 Å². The second-order valence-electron chi connectivity index (χ2n) is 5.28. The molecule has 1 aromatic carbocycles. The third-order valence-electron chi connectivity index (χ3n) is 3.80. The Balaban J connectivity index is 0.00000264. The number of piperidine rings is 1. The first-order valence-electron chi connectivity index (χ1n) is 7.47. The zero-order chi connectivity index (χ0) is 16.0. The average molecular weight is 365 g/mol. The van der Waals surface area contributed by atoms with Crippen molar-refractivity contribution in [3.05, 3.63) is 24.3 Å². The summed E-state index contributed by atoms with van der Waals surface area (Å²) < 4.78 is 37.8. The molecule has 1 unspecified atom stereocenters. The monoisotopic (exact) mass is 364 g/mol. The Kier molecular flexibility index (Phi) is 8.28. The van der Waals surface area contributed by atoms with Crippen LogP contribution in [0.15, 0.2) is 29.2 Å². The maximum absolute atomic E-state index is 12.9. The summed E-state index contributed by atoms with van der Waals surface area (Å²) in [5.41, 5.74) is 0. The van der Waals surface area contributed by atoms with Crippen molar-refractivity contribution in [2.75, 3.05) is 40.5 Å². The van der Waals surface area contributed by atoms with Gasteiger partial charge in [0.1, 0.15) is 17.3 Å². The molecule has 132 valence electrons. The van der Waals surface area contributed by atoms with Crippen LogP contribution in [0.3, 0.4) is 0 Å². The molecule has 0 saturated carbocycles. The smallest absolute Gasteiger partial charge is 0.246 e. The molecule has 1 fully saturated rings. The van der Waals surface area contributed by atoms with Gasteiger partial charge in [0, 0.05) is 26.2 Å². The van der Waals surface area contributed by atoms with E-state index in [-0.39, 0.29) is 23.3 Å². The molecule has 0 aliphatic carbocycles. The van der Waals surface area contributed by atoms with Gasteiger partial charge in [-0.05, 0) is 32.0 Å². The van der Waals surface area contributed by atoms with Gasteiger partial charge in [-0.2, -0.15) is 4.31 Å². The lowest BCUT2D eigenvalue weighted by Gasteiger charge is -2.32. The molecule has 2 rings (SSSR count). The third-order valence-corrected chi connectivity index (χ3v) is 5.71. The second-order valence-corrected chi connectivity index (χ2v) is 7.19. The van der Waals surface area contributed by atoms with E-state index in [2.05, 4.69) is 5.32 Å². The number of methoxy groups -OCH3 is 1. The second kappa shape index (κ2) is 9.44. The van der Waals surface area contributed by atoms with E-state index >= 15 is 0 Å². The Bertz CT molecular complexity index is 583. The number of sulfonamides is 1. The van der Waals surface area contributed by atoms with E-state index in [4.69, 9.17) is 9.47 Å². The lowest BCUT2D eigenvalue weighted by atomic mass is 10.1. The van der Waals surface area contributed by atoms with E-state index in [1.54, 1.807) is 31.4 Å². The summed E-state index contributed by atoms with van der Waals surface area (Å²) in [5, 5.41) is 3.16. The van der Waals surface area contributed by atoms with Crippen molar-refractivity contribution in [1.29, 1.82) is 0 Å². The fraction of sp³-hybridized carbons (Fsp3) is 0.600. The van der Waals surface area contributed by atoms with Gasteiger partial charge >= 0.3 is 0 Å². The lowest BCUT2D eigenvalue weighted by Crippen LogP contribution is -2.46. The highest BCUT2D eigenvalue weighted by atomic mass is 35.5. The molecule has 1 heterocycles. The quantitative estimate of drug-likeness (QED) is 0.743. The van der Waals surface area contributed by atoms with Crippen molar-refractivity contribution in [2.45, 2.75) is 23.8 Å². The van der Waals surface area contributed by atoms with Crippen LogP contribution in [0.25, 0.3) is 0 Å². The number of hydrogen-bond acceptors (Lipinski definition) is 5. The van der Waals surface area contributed by atoms with E-state index in [1.807, 2.05) is 7.05 Å². The van der Waals surface area contributed by atoms with Crippen molar-refractivity contribution >= 4 is 22.4 Å². The lowest BCUT2D eigenvalue weighted by molar-refractivity contribution is 0.144. The normalized spacial score (nSPS) is 19.1. The zero-order valence-electron chi connectivity index (χ0n) is 13.5. The van der Waals surface area contributed by atoms with Crippen LogP contribution in [0.5, 0.6) is 5.75 Å².